The number of nitrogens with one attached hydrogen (secondary N) is 1. The van der Waals surface area contributed by atoms with E-state index in [-0.39, 0.29) is 6.54 Å². The molecule has 1 aromatic rings. The molecule has 2 N–H and O–H groups in total. The van der Waals surface area contributed by atoms with E-state index >= 15 is 0 Å². The summed E-state index contributed by atoms with van der Waals surface area (Å²) in [5, 5.41) is 10.6. The van der Waals surface area contributed by atoms with Crippen LogP contribution in [0.3, 0.4) is 0 Å². The highest BCUT2D eigenvalue weighted by molar-refractivity contribution is 9.10. The van der Waals surface area contributed by atoms with Gasteiger partial charge in [-0.25, -0.2) is 4.79 Å². The molecule has 0 aliphatic heterocycles. The number of nitrogens with zero attached hydrogens (tertiary/aromatic N) is 1. The van der Waals surface area contributed by atoms with Crippen LogP contribution in [0.1, 0.15) is 11.3 Å². The van der Waals surface area contributed by atoms with E-state index in [0.29, 0.717) is 0 Å². The largest absolute Gasteiger partial charge is 0.465 e. The summed E-state index contributed by atoms with van der Waals surface area (Å²) in [6.45, 7) is 2.13. The van der Waals surface area contributed by atoms with Gasteiger partial charge in [0.05, 0.1) is 12.2 Å². The molecule has 1 heterocycles. The molecule has 70 valence electrons. The van der Waals surface area contributed by atoms with E-state index < -0.39 is 6.09 Å². The molecule has 0 aliphatic carbocycles. The normalized spacial score (nSPS) is 9.69. The lowest BCUT2D eigenvalue weighted by Crippen LogP contribution is -2.21. The maximum atomic E-state index is 10.2. The van der Waals surface area contributed by atoms with E-state index in [9.17, 15) is 4.79 Å². The Labute approximate surface area is 84.1 Å². The molecule has 0 atom stereocenters. The van der Waals surface area contributed by atoms with Crippen LogP contribution in [-0.4, -0.2) is 16.2 Å². The maximum Gasteiger partial charge on any atom is 0.404 e. The second-order valence-electron chi connectivity index (χ2n) is 2.58. The van der Waals surface area contributed by atoms with Crippen LogP contribution in [0.25, 0.3) is 0 Å². The topological polar surface area (TPSA) is 62.2 Å². The third-order valence-electron chi connectivity index (χ3n) is 1.56. The minimum absolute atomic E-state index is 0.244. The van der Waals surface area contributed by atoms with Crippen molar-refractivity contribution in [3.63, 3.8) is 0 Å². The lowest BCUT2D eigenvalue weighted by Gasteiger charge is -2.04. The standard InChI is InChI=1S/C8H9BrN2O2/c1-5-2-6(9)3-10-7(5)4-11-8(12)13/h2-3,11H,4H2,1H3,(H,12,13). The Bertz CT molecular complexity index is 328. The van der Waals surface area contributed by atoms with Crippen LogP contribution in [0.5, 0.6) is 0 Å². The van der Waals surface area contributed by atoms with Crippen molar-refractivity contribution in [1.29, 1.82) is 0 Å². The second-order valence-corrected chi connectivity index (χ2v) is 3.49. The summed E-state index contributed by atoms with van der Waals surface area (Å²) in [5.74, 6) is 0. The van der Waals surface area contributed by atoms with Crippen LogP contribution in [-0.2, 0) is 6.54 Å². The molecule has 0 radical (unpaired) electrons. The molecule has 4 nitrogen and oxygen atoms in total. The zero-order valence-electron chi connectivity index (χ0n) is 7.04. The smallest absolute Gasteiger partial charge is 0.404 e. The summed E-state index contributed by atoms with van der Waals surface area (Å²) < 4.78 is 0.893. The highest BCUT2D eigenvalue weighted by atomic mass is 79.9. The Balaban J connectivity index is 2.72. The van der Waals surface area contributed by atoms with Gasteiger partial charge < -0.3 is 10.4 Å². The van der Waals surface area contributed by atoms with Crippen LogP contribution >= 0.6 is 15.9 Å². The lowest BCUT2D eigenvalue weighted by atomic mass is 10.2. The molecule has 1 aromatic heterocycles. The van der Waals surface area contributed by atoms with Crippen LogP contribution < -0.4 is 5.32 Å². The average Bonchev–Trinajstić information content (AvgIpc) is 2.02. The quantitative estimate of drug-likeness (QED) is 0.836. The Kier molecular flexibility index (Phi) is 3.25. The number of halogens is 1. The van der Waals surface area contributed by atoms with E-state index in [1.807, 2.05) is 13.0 Å². The summed E-state index contributed by atoms with van der Waals surface area (Å²) in [6, 6.07) is 1.89. The van der Waals surface area contributed by atoms with E-state index in [2.05, 4.69) is 26.2 Å². The van der Waals surface area contributed by atoms with Gasteiger partial charge >= 0.3 is 6.09 Å². The molecule has 0 fully saturated rings. The van der Waals surface area contributed by atoms with Crippen LogP contribution in [0.2, 0.25) is 0 Å². The molecular formula is C8H9BrN2O2. The van der Waals surface area contributed by atoms with Crippen molar-refractivity contribution in [2.45, 2.75) is 13.5 Å². The first-order valence-electron chi connectivity index (χ1n) is 3.67. The number of hydrogen-bond acceptors (Lipinski definition) is 2. The van der Waals surface area contributed by atoms with Crippen molar-refractivity contribution >= 4 is 22.0 Å². The SMILES string of the molecule is Cc1cc(Br)cnc1CNC(=O)O. The minimum atomic E-state index is -1.04. The molecular weight excluding hydrogens is 236 g/mol. The molecule has 0 spiro atoms. The number of rotatable bonds is 2. The average molecular weight is 245 g/mol. The third-order valence-corrected chi connectivity index (χ3v) is 1.99. The summed E-state index contributed by atoms with van der Waals surface area (Å²) in [6.07, 6.45) is 0.607. The first-order valence-corrected chi connectivity index (χ1v) is 4.46. The van der Waals surface area contributed by atoms with Gasteiger partial charge in [0.25, 0.3) is 0 Å². The number of carboxylic acid groups (broad SMARTS) is 1. The summed E-state index contributed by atoms with van der Waals surface area (Å²) in [5.41, 5.74) is 1.70. The summed E-state index contributed by atoms with van der Waals surface area (Å²) >= 11 is 3.28. The zero-order valence-corrected chi connectivity index (χ0v) is 8.63. The fourth-order valence-electron chi connectivity index (χ4n) is 0.913. The van der Waals surface area contributed by atoms with Crippen molar-refractivity contribution in [3.8, 4) is 0 Å². The van der Waals surface area contributed by atoms with Gasteiger partial charge in [-0.05, 0) is 34.5 Å². The molecule has 1 amide bonds. The van der Waals surface area contributed by atoms with Crippen molar-refractivity contribution in [2.24, 2.45) is 0 Å². The Morgan fingerprint density at radius 1 is 1.77 bits per heavy atom. The molecule has 0 saturated heterocycles. The summed E-state index contributed by atoms with van der Waals surface area (Å²) in [7, 11) is 0. The molecule has 13 heavy (non-hydrogen) atoms. The van der Waals surface area contributed by atoms with Crippen LogP contribution in [0.4, 0.5) is 4.79 Å². The molecule has 0 aromatic carbocycles. The number of carbonyl (C=O) groups is 1. The molecule has 0 aliphatic rings. The number of amides is 1. The fraction of sp³-hybridized carbons (Fsp3) is 0.250. The van der Waals surface area contributed by atoms with Gasteiger partial charge in [0.15, 0.2) is 0 Å². The number of aryl methyl sites for hydroxylation is 1. The fourth-order valence-corrected chi connectivity index (χ4v) is 1.36. The van der Waals surface area contributed by atoms with Gasteiger partial charge in [-0.3, -0.25) is 4.98 Å². The molecule has 0 saturated carbocycles. The monoisotopic (exact) mass is 244 g/mol. The summed E-state index contributed by atoms with van der Waals surface area (Å²) in [4.78, 5) is 14.3. The van der Waals surface area contributed by atoms with Gasteiger partial charge in [0.1, 0.15) is 0 Å². The second kappa shape index (κ2) is 4.23. The maximum absolute atomic E-state index is 10.2. The Hall–Kier alpha value is -1.10. The van der Waals surface area contributed by atoms with Gasteiger partial charge in [-0.1, -0.05) is 0 Å². The lowest BCUT2D eigenvalue weighted by molar-refractivity contribution is 0.194. The van der Waals surface area contributed by atoms with Crippen molar-refractivity contribution in [2.75, 3.05) is 0 Å². The van der Waals surface area contributed by atoms with Gasteiger partial charge in [0.2, 0.25) is 0 Å². The van der Waals surface area contributed by atoms with Crippen LogP contribution in [0, 0.1) is 6.92 Å². The van der Waals surface area contributed by atoms with E-state index in [0.717, 1.165) is 15.7 Å². The molecule has 0 bridgehead atoms. The van der Waals surface area contributed by atoms with Gasteiger partial charge in [0, 0.05) is 10.7 Å². The first-order chi connectivity index (χ1) is 6.09. The predicted octanol–water partition coefficient (Wildman–Crippen LogP) is 1.92. The highest BCUT2D eigenvalue weighted by Crippen LogP contribution is 2.12. The van der Waals surface area contributed by atoms with Crippen molar-refractivity contribution in [3.05, 3.63) is 28.0 Å². The minimum Gasteiger partial charge on any atom is -0.465 e. The highest BCUT2D eigenvalue weighted by Gasteiger charge is 2.01. The Morgan fingerprint density at radius 3 is 3.00 bits per heavy atom. The number of aromatic nitrogens is 1. The van der Waals surface area contributed by atoms with E-state index in [1.165, 1.54) is 0 Å². The van der Waals surface area contributed by atoms with Gasteiger partial charge in [-0.15, -0.1) is 0 Å². The van der Waals surface area contributed by atoms with E-state index in [1.54, 1.807) is 6.20 Å². The number of hydrogen-bond donors (Lipinski definition) is 2. The molecule has 0 unspecified atom stereocenters. The van der Waals surface area contributed by atoms with Crippen molar-refractivity contribution < 1.29 is 9.90 Å². The number of pyridine rings is 1. The zero-order chi connectivity index (χ0) is 9.84. The van der Waals surface area contributed by atoms with Crippen molar-refractivity contribution in [1.82, 2.24) is 10.3 Å². The van der Waals surface area contributed by atoms with Gasteiger partial charge in [-0.2, -0.15) is 0 Å². The Morgan fingerprint density at radius 2 is 2.46 bits per heavy atom. The van der Waals surface area contributed by atoms with Crippen LogP contribution in [0.15, 0.2) is 16.7 Å². The van der Waals surface area contributed by atoms with E-state index in [4.69, 9.17) is 5.11 Å². The predicted molar refractivity (Wildman–Crippen MR) is 51.5 cm³/mol. The third kappa shape index (κ3) is 3.02. The molecule has 5 heteroatoms. The first kappa shape index (κ1) is 9.98. The molecule has 1 rings (SSSR count).